The fraction of sp³-hybridized carbons (Fsp3) is 0.324. The van der Waals surface area contributed by atoms with E-state index in [1.807, 2.05) is 0 Å². The molecule has 4 aliphatic rings. The van der Waals surface area contributed by atoms with Gasteiger partial charge in [-0.1, -0.05) is 212 Å². The molecule has 0 aromatic heterocycles. The second-order valence-corrected chi connectivity index (χ2v) is 27.1. The second-order valence-electron chi connectivity index (χ2n) is 27.1. The van der Waals surface area contributed by atoms with E-state index in [4.69, 9.17) is 0 Å². The van der Waals surface area contributed by atoms with Gasteiger partial charge in [-0.05, 0) is 151 Å². The molecule has 378 valence electrons. The SMILES string of the molecule is CC(C)(C)c1ccc(N2c3ccccc3B3c4ccc(C(C)(C)C)cc4N(c4ccc(C(C)(C)C)cc4-c4ccccc4)c4cc(N5c6ccc(C(C)(C)C)cc6C6(C)CCCC56C)cc2c43)c(-c2ccccc2)c1. The van der Waals surface area contributed by atoms with Crippen LogP contribution in [0.4, 0.5) is 45.5 Å². The van der Waals surface area contributed by atoms with Crippen molar-refractivity contribution in [3.05, 3.63) is 198 Å². The van der Waals surface area contributed by atoms with Crippen LogP contribution in [-0.2, 0) is 27.1 Å². The summed E-state index contributed by atoms with van der Waals surface area (Å²) in [6, 6.07) is 66.3. The van der Waals surface area contributed by atoms with Crippen molar-refractivity contribution in [3.8, 4) is 22.3 Å². The average Bonchev–Trinajstić information content (AvgIpc) is 3.78. The predicted octanol–water partition coefficient (Wildman–Crippen LogP) is 17.6. The van der Waals surface area contributed by atoms with Crippen LogP contribution < -0.4 is 31.1 Å². The van der Waals surface area contributed by atoms with Gasteiger partial charge in [-0.2, -0.15) is 0 Å². The monoisotopic (exact) mass is 982 g/mol. The van der Waals surface area contributed by atoms with Crippen LogP contribution in [0.2, 0.25) is 0 Å². The lowest BCUT2D eigenvalue weighted by Gasteiger charge is -2.47. The minimum Gasteiger partial charge on any atom is -0.334 e. The van der Waals surface area contributed by atoms with E-state index in [9.17, 15) is 0 Å². The van der Waals surface area contributed by atoms with E-state index in [2.05, 4.69) is 281 Å². The molecule has 0 amide bonds. The molecule has 8 aromatic rings. The Bertz CT molecular complexity index is 3560. The van der Waals surface area contributed by atoms with Crippen LogP contribution in [0.15, 0.2) is 170 Å². The molecule has 3 nitrogen and oxygen atoms in total. The molecule has 12 rings (SSSR count). The fourth-order valence-electron chi connectivity index (χ4n) is 13.6. The molecular weight excluding hydrogens is 906 g/mol. The molecule has 8 aromatic carbocycles. The van der Waals surface area contributed by atoms with Gasteiger partial charge in [-0.15, -0.1) is 0 Å². The fourth-order valence-corrected chi connectivity index (χ4v) is 13.6. The van der Waals surface area contributed by atoms with Crippen molar-refractivity contribution >= 4 is 68.6 Å². The van der Waals surface area contributed by atoms with E-state index < -0.39 is 0 Å². The van der Waals surface area contributed by atoms with Gasteiger partial charge in [0.25, 0.3) is 6.71 Å². The van der Waals surface area contributed by atoms with Gasteiger partial charge in [0, 0.05) is 50.7 Å². The Balaban J connectivity index is 1.24. The number of fused-ring (bicyclic) bond motifs is 7. The molecule has 0 bridgehead atoms. The van der Waals surface area contributed by atoms with Crippen LogP contribution in [0.5, 0.6) is 0 Å². The topological polar surface area (TPSA) is 9.72 Å². The first-order chi connectivity index (χ1) is 35.5. The van der Waals surface area contributed by atoms with Crippen molar-refractivity contribution in [1.82, 2.24) is 0 Å². The van der Waals surface area contributed by atoms with Crippen LogP contribution in [0.3, 0.4) is 0 Å². The van der Waals surface area contributed by atoms with E-state index >= 15 is 0 Å². The molecule has 0 N–H and O–H groups in total. The summed E-state index contributed by atoms with van der Waals surface area (Å²) >= 11 is 0. The highest BCUT2D eigenvalue weighted by atomic mass is 15.3. The summed E-state index contributed by atoms with van der Waals surface area (Å²) in [4.78, 5) is 8.17. The zero-order valence-corrected chi connectivity index (χ0v) is 47.2. The smallest absolute Gasteiger partial charge is 0.252 e. The van der Waals surface area contributed by atoms with Crippen molar-refractivity contribution in [3.63, 3.8) is 0 Å². The summed E-state index contributed by atoms with van der Waals surface area (Å²) < 4.78 is 0. The Kier molecular flexibility index (Phi) is 11.0. The lowest BCUT2D eigenvalue weighted by molar-refractivity contribution is 0.330. The first-order valence-corrected chi connectivity index (χ1v) is 27.8. The number of hydrogen-bond donors (Lipinski definition) is 0. The highest BCUT2D eigenvalue weighted by molar-refractivity contribution is 7.00. The number of nitrogens with zero attached hydrogens (tertiary/aromatic N) is 3. The lowest BCUT2D eigenvalue weighted by Crippen LogP contribution is -2.61. The third kappa shape index (κ3) is 7.66. The molecule has 0 saturated heterocycles. The van der Waals surface area contributed by atoms with E-state index in [0.29, 0.717) is 0 Å². The van der Waals surface area contributed by atoms with E-state index in [0.717, 1.165) is 12.8 Å². The van der Waals surface area contributed by atoms with Crippen LogP contribution in [-0.4, -0.2) is 12.3 Å². The molecular formula is C71H76BN3. The molecule has 3 aliphatic heterocycles. The number of para-hydroxylation sites is 1. The van der Waals surface area contributed by atoms with Gasteiger partial charge in [-0.25, -0.2) is 0 Å². The van der Waals surface area contributed by atoms with Gasteiger partial charge in [0.1, 0.15) is 0 Å². The van der Waals surface area contributed by atoms with E-state index in [1.165, 1.54) is 118 Å². The van der Waals surface area contributed by atoms with E-state index in [-0.39, 0.29) is 39.3 Å². The molecule has 1 fully saturated rings. The molecule has 0 radical (unpaired) electrons. The maximum Gasteiger partial charge on any atom is 0.252 e. The van der Waals surface area contributed by atoms with Crippen LogP contribution in [0.25, 0.3) is 22.3 Å². The highest BCUT2D eigenvalue weighted by Gasteiger charge is 2.60. The standard InChI is InChI=1S/C71H76BN3/c1-66(2,3)48-31-35-58(53(40-48)46-24-17-15-18-25-46)73-61-29-22-21-28-56(61)72-57-34-30-51(69(10,11)12)43-62(57)74(59-36-32-49(67(4,5)6)41-54(59)47-26-19-16-20-27-47)64-45-52(44-63(73)65(64)72)75-60-37-33-50(68(7,8)9)42-55(60)70(13)38-23-39-71(70,75)14/h15-22,24-37,40-45H,23,38-39H2,1-14H3. The van der Waals surface area contributed by atoms with Gasteiger partial charge in [0.05, 0.1) is 16.9 Å². The molecule has 1 saturated carbocycles. The second kappa shape index (κ2) is 16.9. The normalized spacial score (nSPS) is 18.9. The van der Waals surface area contributed by atoms with Crippen molar-refractivity contribution < 1.29 is 0 Å². The Hall–Kier alpha value is -6.78. The Morgan fingerprint density at radius 2 is 0.827 bits per heavy atom. The maximum absolute atomic E-state index is 2.81. The van der Waals surface area contributed by atoms with Gasteiger partial charge in [-0.3, -0.25) is 0 Å². The number of hydrogen-bond acceptors (Lipinski definition) is 3. The molecule has 3 heterocycles. The van der Waals surface area contributed by atoms with Crippen LogP contribution in [0.1, 0.15) is 144 Å². The quantitative estimate of drug-likeness (QED) is 0.159. The molecule has 75 heavy (non-hydrogen) atoms. The summed E-state index contributed by atoms with van der Waals surface area (Å²) in [5, 5.41) is 0. The minimum atomic E-state index is -0.159. The van der Waals surface area contributed by atoms with Crippen LogP contribution in [0, 0.1) is 0 Å². The molecule has 4 heteroatoms. The Morgan fingerprint density at radius 3 is 1.36 bits per heavy atom. The molecule has 1 aliphatic carbocycles. The van der Waals surface area contributed by atoms with Crippen LogP contribution >= 0.6 is 0 Å². The minimum absolute atomic E-state index is 0.0210. The van der Waals surface area contributed by atoms with E-state index in [1.54, 1.807) is 0 Å². The lowest BCUT2D eigenvalue weighted by atomic mass is 9.33. The Labute approximate surface area is 449 Å². The van der Waals surface area contributed by atoms with Crippen molar-refractivity contribution in [2.75, 3.05) is 14.7 Å². The Morgan fingerprint density at radius 1 is 0.387 bits per heavy atom. The summed E-state index contributed by atoms with van der Waals surface area (Å²) in [6.45, 7) is 33.3. The van der Waals surface area contributed by atoms with Gasteiger partial charge >= 0.3 is 0 Å². The zero-order valence-electron chi connectivity index (χ0n) is 47.2. The molecule has 2 unspecified atom stereocenters. The largest absolute Gasteiger partial charge is 0.334 e. The van der Waals surface area contributed by atoms with Gasteiger partial charge in [0.15, 0.2) is 0 Å². The molecule has 0 spiro atoms. The zero-order chi connectivity index (χ0) is 52.8. The third-order valence-electron chi connectivity index (χ3n) is 18.2. The van der Waals surface area contributed by atoms with Gasteiger partial charge < -0.3 is 14.7 Å². The number of benzene rings is 8. The predicted molar refractivity (Wildman–Crippen MR) is 324 cm³/mol. The molecule has 2 atom stereocenters. The summed E-state index contributed by atoms with van der Waals surface area (Å²) in [7, 11) is 0. The first-order valence-electron chi connectivity index (χ1n) is 27.8. The maximum atomic E-state index is 2.81. The van der Waals surface area contributed by atoms with Gasteiger partial charge in [0.2, 0.25) is 0 Å². The summed E-state index contributed by atoms with van der Waals surface area (Å²) in [5.74, 6) is 0. The third-order valence-corrected chi connectivity index (χ3v) is 18.2. The number of anilines is 8. The van der Waals surface area contributed by atoms with Crippen molar-refractivity contribution in [2.45, 2.75) is 149 Å². The first kappa shape index (κ1) is 49.1. The summed E-state index contributed by atoms with van der Waals surface area (Å²) in [5.41, 5.74) is 25.4. The van der Waals surface area contributed by atoms with Crippen molar-refractivity contribution in [1.29, 1.82) is 0 Å². The summed E-state index contributed by atoms with van der Waals surface area (Å²) in [6.07, 6.45) is 3.47. The number of rotatable bonds is 5. The highest BCUT2D eigenvalue weighted by Crippen LogP contribution is 2.64. The average molecular weight is 982 g/mol. The van der Waals surface area contributed by atoms with Crippen molar-refractivity contribution in [2.24, 2.45) is 0 Å².